The summed E-state index contributed by atoms with van der Waals surface area (Å²) in [6, 6.07) is 55.8. The number of para-hydroxylation sites is 1. The minimum Gasteiger partial charge on any atom is -0.365 e. The number of likely N-dealkylation sites (N-methyl/N-ethyl adjacent to an activating group) is 1. The van der Waals surface area contributed by atoms with Crippen molar-refractivity contribution in [2.75, 3.05) is 7.05 Å². The van der Waals surface area contributed by atoms with Crippen LogP contribution < -0.4 is 5.32 Å². The molecule has 2 aliphatic rings. The SMILES string of the molecule is CN1C2Sc3ccccc3C2=C(c2ccc(-n3c4ccccc4c4c5ccccc5c5c6ccccc6sc5c43)cc2)NC1c1ccccc1. The molecule has 238 valence electrons. The number of nitrogens with one attached hydrogen (secondary N) is 1. The number of rotatable bonds is 3. The highest BCUT2D eigenvalue weighted by Gasteiger charge is 2.40. The van der Waals surface area contributed by atoms with Crippen LogP contribution in [0.3, 0.4) is 0 Å². The van der Waals surface area contributed by atoms with Gasteiger partial charge in [-0.1, -0.05) is 121 Å². The highest BCUT2D eigenvalue weighted by molar-refractivity contribution is 8.00. The van der Waals surface area contributed by atoms with Gasteiger partial charge in [0.1, 0.15) is 6.17 Å². The zero-order valence-corrected chi connectivity index (χ0v) is 28.9. The van der Waals surface area contributed by atoms with Gasteiger partial charge in [0.15, 0.2) is 0 Å². The van der Waals surface area contributed by atoms with E-state index in [1.54, 1.807) is 0 Å². The van der Waals surface area contributed by atoms with Gasteiger partial charge in [-0.05, 0) is 64.8 Å². The second-order valence-corrected chi connectivity index (χ2v) is 15.5. The summed E-state index contributed by atoms with van der Waals surface area (Å²) < 4.78 is 5.18. The molecule has 0 amide bonds. The number of benzene rings is 7. The Labute approximate surface area is 298 Å². The summed E-state index contributed by atoms with van der Waals surface area (Å²) in [6.45, 7) is 0. The maximum Gasteiger partial charge on any atom is 0.107 e. The first kappa shape index (κ1) is 28.5. The first-order chi connectivity index (χ1) is 24.7. The van der Waals surface area contributed by atoms with Crippen LogP contribution in [0.25, 0.3) is 69.7 Å². The number of fused-ring (bicyclic) bond motifs is 13. The number of thiophene rings is 1. The third-order valence-electron chi connectivity index (χ3n) is 10.7. The van der Waals surface area contributed by atoms with E-state index in [2.05, 4.69) is 173 Å². The Morgan fingerprint density at radius 2 is 1.26 bits per heavy atom. The molecule has 2 aliphatic heterocycles. The number of hydrogen-bond donors (Lipinski definition) is 1. The summed E-state index contributed by atoms with van der Waals surface area (Å²) in [4.78, 5) is 3.82. The molecule has 2 unspecified atom stereocenters. The van der Waals surface area contributed by atoms with Crippen molar-refractivity contribution in [1.29, 1.82) is 0 Å². The van der Waals surface area contributed by atoms with Crippen molar-refractivity contribution >= 4 is 87.1 Å². The van der Waals surface area contributed by atoms with Crippen LogP contribution in [0.4, 0.5) is 0 Å². The van der Waals surface area contributed by atoms with E-state index in [1.807, 2.05) is 23.1 Å². The van der Waals surface area contributed by atoms with Crippen LogP contribution in [0.1, 0.15) is 22.9 Å². The van der Waals surface area contributed by atoms with Crippen LogP contribution in [0.2, 0.25) is 0 Å². The van der Waals surface area contributed by atoms with Gasteiger partial charge in [0.2, 0.25) is 0 Å². The Balaban J connectivity index is 1.15. The molecule has 50 heavy (non-hydrogen) atoms. The van der Waals surface area contributed by atoms with Crippen LogP contribution in [-0.4, -0.2) is 21.9 Å². The Bertz CT molecular complexity index is 2850. The predicted molar refractivity (Wildman–Crippen MR) is 214 cm³/mol. The smallest absolute Gasteiger partial charge is 0.107 e. The van der Waals surface area contributed by atoms with Crippen molar-refractivity contribution in [1.82, 2.24) is 14.8 Å². The minimum atomic E-state index is 0.0632. The summed E-state index contributed by atoms with van der Waals surface area (Å²) in [6.07, 6.45) is 0.0632. The van der Waals surface area contributed by atoms with Crippen molar-refractivity contribution < 1.29 is 0 Å². The van der Waals surface area contributed by atoms with Gasteiger partial charge in [-0.3, -0.25) is 4.90 Å². The van der Waals surface area contributed by atoms with Crippen LogP contribution in [0.5, 0.6) is 0 Å². The van der Waals surface area contributed by atoms with Gasteiger partial charge in [-0.15, -0.1) is 23.1 Å². The molecular weight excluding hydrogens is 647 g/mol. The molecule has 0 radical (unpaired) electrons. The third-order valence-corrected chi connectivity index (χ3v) is 13.2. The fourth-order valence-corrected chi connectivity index (χ4v) is 11.1. The van der Waals surface area contributed by atoms with Crippen molar-refractivity contribution in [3.63, 3.8) is 0 Å². The average molecular weight is 678 g/mol. The van der Waals surface area contributed by atoms with Gasteiger partial charge in [-0.25, -0.2) is 0 Å². The summed E-state index contributed by atoms with van der Waals surface area (Å²) in [5.74, 6) is 0. The topological polar surface area (TPSA) is 20.2 Å². The molecule has 0 spiro atoms. The molecule has 9 aromatic rings. The fourth-order valence-electron chi connectivity index (χ4n) is 8.47. The minimum absolute atomic E-state index is 0.0632. The molecule has 4 heterocycles. The second-order valence-electron chi connectivity index (χ2n) is 13.3. The van der Waals surface area contributed by atoms with E-state index in [0.29, 0.717) is 0 Å². The van der Waals surface area contributed by atoms with Gasteiger partial charge in [0.05, 0.1) is 21.1 Å². The van der Waals surface area contributed by atoms with Crippen LogP contribution in [0, 0.1) is 0 Å². The summed E-state index contributed by atoms with van der Waals surface area (Å²) in [7, 11) is 2.24. The quantitative estimate of drug-likeness (QED) is 0.201. The fraction of sp³-hybridized carbons (Fsp3) is 0.0667. The lowest BCUT2D eigenvalue weighted by Gasteiger charge is -2.41. The maximum absolute atomic E-state index is 4.01. The van der Waals surface area contributed by atoms with Gasteiger partial charge in [0.25, 0.3) is 0 Å². The van der Waals surface area contributed by atoms with Gasteiger partial charge >= 0.3 is 0 Å². The Kier molecular flexibility index (Phi) is 6.18. The molecule has 0 bridgehead atoms. The highest BCUT2D eigenvalue weighted by Crippen LogP contribution is 2.53. The average Bonchev–Trinajstić information content (AvgIpc) is 3.87. The summed E-state index contributed by atoms with van der Waals surface area (Å²) in [5, 5.41) is 12.2. The molecule has 7 aromatic carbocycles. The van der Waals surface area contributed by atoms with E-state index in [9.17, 15) is 0 Å². The molecule has 0 fully saturated rings. The standard InChI is InChI=1S/C45H31N3S2/c1-47-44(28-13-3-2-4-14-28)46-41(40-34-19-9-12-22-37(34)50-45(40)47)27-23-25-29(26-24-27)48-35-20-10-7-17-32(35)38-30-15-5-6-16-31(30)39-33-18-8-11-21-36(33)49-43(39)42(38)48/h2-26,44-46H,1H3. The molecule has 0 aliphatic carbocycles. The molecule has 0 saturated heterocycles. The van der Waals surface area contributed by atoms with E-state index < -0.39 is 0 Å². The number of hydrogen-bond acceptors (Lipinski definition) is 4. The van der Waals surface area contributed by atoms with E-state index in [0.717, 1.165) is 0 Å². The van der Waals surface area contributed by atoms with E-state index in [1.165, 1.54) is 91.3 Å². The van der Waals surface area contributed by atoms with Crippen LogP contribution in [-0.2, 0) is 0 Å². The normalized spacial score (nSPS) is 17.6. The zero-order chi connectivity index (χ0) is 32.9. The van der Waals surface area contributed by atoms with Crippen molar-refractivity contribution in [2.45, 2.75) is 16.4 Å². The lowest BCUT2D eigenvalue weighted by molar-refractivity contribution is 0.229. The van der Waals surface area contributed by atoms with Crippen molar-refractivity contribution in [2.24, 2.45) is 0 Å². The molecule has 2 atom stereocenters. The Morgan fingerprint density at radius 3 is 2.08 bits per heavy atom. The largest absolute Gasteiger partial charge is 0.365 e. The van der Waals surface area contributed by atoms with Gasteiger partial charge in [0, 0.05) is 48.1 Å². The van der Waals surface area contributed by atoms with Gasteiger partial charge < -0.3 is 9.88 Å². The third kappa shape index (κ3) is 3.97. The molecule has 11 rings (SSSR count). The van der Waals surface area contributed by atoms with Crippen LogP contribution >= 0.6 is 23.1 Å². The molecule has 3 nitrogen and oxygen atoms in total. The number of nitrogens with zero attached hydrogens (tertiary/aromatic N) is 2. The summed E-state index contributed by atoms with van der Waals surface area (Å²) >= 11 is 3.87. The monoisotopic (exact) mass is 677 g/mol. The lowest BCUT2D eigenvalue weighted by atomic mass is 9.95. The first-order valence-corrected chi connectivity index (χ1v) is 18.8. The van der Waals surface area contributed by atoms with E-state index >= 15 is 0 Å². The van der Waals surface area contributed by atoms with Crippen molar-refractivity contribution in [3.8, 4) is 5.69 Å². The predicted octanol–water partition coefficient (Wildman–Crippen LogP) is 11.8. The van der Waals surface area contributed by atoms with Crippen LogP contribution in [0.15, 0.2) is 157 Å². The lowest BCUT2D eigenvalue weighted by Crippen LogP contribution is -2.44. The Morgan fingerprint density at radius 1 is 0.600 bits per heavy atom. The van der Waals surface area contributed by atoms with Crippen molar-refractivity contribution in [3.05, 3.63) is 168 Å². The van der Waals surface area contributed by atoms with E-state index in [-0.39, 0.29) is 11.5 Å². The first-order valence-electron chi connectivity index (χ1n) is 17.1. The highest BCUT2D eigenvalue weighted by atomic mass is 32.2. The zero-order valence-electron chi connectivity index (χ0n) is 27.3. The molecule has 2 aromatic heterocycles. The van der Waals surface area contributed by atoms with Gasteiger partial charge in [-0.2, -0.15) is 0 Å². The molecule has 5 heteroatoms. The van der Waals surface area contributed by atoms with E-state index in [4.69, 9.17) is 0 Å². The molecular formula is C45H31N3S2. The molecule has 1 N–H and O–H groups in total. The Hall–Kier alpha value is -5.33. The molecule has 0 saturated carbocycles. The number of aromatic nitrogens is 1. The second kappa shape index (κ2) is 10.8. The maximum atomic E-state index is 4.01. The number of thioether (sulfide) groups is 1. The summed E-state index contributed by atoms with van der Waals surface area (Å²) in [5.41, 5.74) is 10.1.